The molecule has 2 N–H and O–H groups in total. The van der Waals surface area contributed by atoms with Gasteiger partial charge in [-0.15, -0.1) is 0 Å². The molecule has 0 saturated carbocycles. The van der Waals surface area contributed by atoms with Gasteiger partial charge in [0.05, 0.1) is 6.04 Å². The van der Waals surface area contributed by atoms with E-state index in [4.69, 9.17) is 0 Å². The Morgan fingerprint density at radius 1 is 0.969 bits per heavy atom. The number of amides is 2. The summed E-state index contributed by atoms with van der Waals surface area (Å²) in [4.78, 5) is 17.2. The Balaban J connectivity index is 1.49. The number of carbonyl (C=O) groups excluding carboxylic acids is 1. The van der Waals surface area contributed by atoms with E-state index in [0.29, 0.717) is 6.54 Å². The number of hydrogen-bond donors (Lipinski definition) is 2. The van der Waals surface area contributed by atoms with Crippen molar-refractivity contribution in [2.45, 2.75) is 25.9 Å². The molecule has 1 aliphatic rings. The molecule has 1 unspecified atom stereocenters. The average molecular weight is 429 g/mol. The number of aryl methyl sites for hydroxylation is 1. The Labute approximate surface area is 191 Å². The summed E-state index contributed by atoms with van der Waals surface area (Å²) in [6, 6.07) is 25.1. The van der Waals surface area contributed by atoms with E-state index in [1.54, 1.807) is 0 Å². The van der Waals surface area contributed by atoms with Crippen LogP contribution < -0.4 is 15.5 Å². The van der Waals surface area contributed by atoms with Gasteiger partial charge in [-0.25, -0.2) is 4.79 Å². The van der Waals surface area contributed by atoms with E-state index in [0.717, 1.165) is 25.2 Å². The predicted molar refractivity (Wildman–Crippen MR) is 132 cm³/mol. The van der Waals surface area contributed by atoms with Crippen LogP contribution in [0, 0.1) is 6.92 Å². The van der Waals surface area contributed by atoms with E-state index >= 15 is 0 Å². The van der Waals surface area contributed by atoms with E-state index in [-0.39, 0.29) is 12.1 Å². The van der Waals surface area contributed by atoms with Crippen LogP contribution in [0.1, 0.15) is 28.3 Å². The van der Waals surface area contributed by atoms with Gasteiger partial charge in [-0.1, -0.05) is 54.1 Å². The van der Waals surface area contributed by atoms with Gasteiger partial charge < -0.3 is 15.5 Å². The second-order valence-electron chi connectivity index (χ2n) is 8.69. The monoisotopic (exact) mass is 428 g/mol. The summed E-state index contributed by atoms with van der Waals surface area (Å²) < 4.78 is 0. The van der Waals surface area contributed by atoms with Gasteiger partial charge in [0.15, 0.2) is 0 Å². The number of fused-ring (bicyclic) bond motifs is 1. The molecule has 1 heterocycles. The fourth-order valence-corrected chi connectivity index (χ4v) is 4.24. The Kier molecular flexibility index (Phi) is 6.76. The molecular formula is C27H32N4O. The first-order valence-corrected chi connectivity index (χ1v) is 11.2. The van der Waals surface area contributed by atoms with Gasteiger partial charge in [0.1, 0.15) is 0 Å². The van der Waals surface area contributed by atoms with Crippen molar-refractivity contribution in [2.75, 3.05) is 37.4 Å². The largest absolute Gasteiger partial charge is 0.378 e. The van der Waals surface area contributed by atoms with Crippen molar-refractivity contribution in [1.82, 2.24) is 10.2 Å². The molecule has 0 spiro atoms. The molecule has 0 bridgehead atoms. The molecule has 5 nitrogen and oxygen atoms in total. The summed E-state index contributed by atoms with van der Waals surface area (Å²) >= 11 is 0. The Bertz CT molecular complexity index is 1040. The van der Waals surface area contributed by atoms with Gasteiger partial charge in [-0.2, -0.15) is 0 Å². The molecule has 3 aromatic rings. The first kappa shape index (κ1) is 21.9. The summed E-state index contributed by atoms with van der Waals surface area (Å²) in [7, 11) is 4.09. The second-order valence-corrected chi connectivity index (χ2v) is 8.69. The van der Waals surface area contributed by atoms with Crippen molar-refractivity contribution in [1.29, 1.82) is 0 Å². The van der Waals surface area contributed by atoms with Crippen LogP contribution in [0.15, 0.2) is 72.8 Å². The van der Waals surface area contributed by atoms with Gasteiger partial charge in [0.25, 0.3) is 0 Å². The van der Waals surface area contributed by atoms with Gasteiger partial charge in [0.2, 0.25) is 0 Å². The SMILES string of the molecule is Cc1ccc(NC(=O)NCC(c2ccc(N(C)C)cc2)N2CCc3ccccc3C2)cc1. The van der Waals surface area contributed by atoms with Crippen LogP contribution in [0.5, 0.6) is 0 Å². The molecule has 5 heteroatoms. The van der Waals surface area contributed by atoms with Crippen molar-refractivity contribution in [3.63, 3.8) is 0 Å². The van der Waals surface area contributed by atoms with Crippen molar-refractivity contribution in [2.24, 2.45) is 0 Å². The number of carbonyl (C=O) groups is 1. The van der Waals surface area contributed by atoms with Crippen LogP contribution in [-0.2, 0) is 13.0 Å². The fourth-order valence-electron chi connectivity index (χ4n) is 4.24. The topological polar surface area (TPSA) is 47.6 Å². The summed E-state index contributed by atoms with van der Waals surface area (Å²) in [5, 5.41) is 6.04. The van der Waals surface area contributed by atoms with Crippen molar-refractivity contribution in [3.8, 4) is 0 Å². The second kappa shape index (κ2) is 9.88. The first-order chi connectivity index (χ1) is 15.5. The van der Waals surface area contributed by atoms with E-state index in [1.807, 2.05) is 45.3 Å². The molecular weight excluding hydrogens is 396 g/mol. The van der Waals surface area contributed by atoms with Crippen LogP contribution >= 0.6 is 0 Å². The lowest BCUT2D eigenvalue weighted by atomic mass is 9.96. The average Bonchev–Trinajstić information content (AvgIpc) is 2.81. The third-order valence-electron chi connectivity index (χ3n) is 6.16. The van der Waals surface area contributed by atoms with E-state index in [2.05, 4.69) is 69.0 Å². The molecule has 1 aliphatic heterocycles. The van der Waals surface area contributed by atoms with Crippen LogP contribution in [0.4, 0.5) is 16.2 Å². The predicted octanol–water partition coefficient (Wildman–Crippen LogP) is 4.98. The molecule has 0 radical (unpaired) electrons. The maximum Gasteiger partial charge on any atom is 0.319 e. The molecule has 4 rings (SSSR count). The highest BCUT2D eigenvalue weighted by Gasteiger charge is 2.25. The highest BCUT2D eigenvalue weighted by molar-refractivity contribution is 5.89. The molecule has 2 amide bonds. The van der Waals surface area contributed by atoms with Crippen molar-refractivity contribution in [3.05, 3.63) is 95.1 Å². The zero-order valence-electron chi connectivity index (χ0n) is 19.1. The van der Waals surface area contributed by atoms with Gasteiger partial charge in [-0.05, 0) is 54.3 Å². The Morgan fingerprint density at radius 3 is 2.34 bits per heavy atom. The maximum atomic E-state index is 12.6. The lowest BCUT2D eigenvalue weighted by Gasteiger charge is -2.36. The van der Waals surface area contributed by atoms with Gasteiger partial charge >= 0.3 is 6.03 Å². The zero-order valence-corrected chi connectivity index (χ0v) is 19.1. The quantitative estimate of drug-likeness (QED) is 0.582. The Morgan fingerprint density at radius 2 is 1.66 bits per heavy atom. The summed E-state index contributed by atoms with van der Waals surface area (Å²) in [5.41, 5.74) is 7.15. The smallest absolute Gasteiger partial charge is 0.319 e. The normalized spacial score (nSPS) is 14.3. The third-order valence-corrected chi connectivity index (χ3v) is 6.16. The minimum atomic E-state index is -0.179. The minimum Gasteiger partial charge on any atom is -0.378 e. The van der Waals surface area contributed by atoms with Gasteiger partial charge in [0, 0.05) is 45.1 Å². The molecule has 0 aliphatic carbocycles. The fraction of sp³-hybridized carbons (Fsp3) is 0.296. The van der Waals surface area contributed by atoms with Crippen LogP contribution in [0.2, 0.25) is 0 Å². The highest BCUT2D eigenvalue weighted by atomic mass is 16.2. The molecule has 3 aromatic carbocycles. The number of hydrogen-bond acceptors (Lipinski definition) is 3. The molecule has 0 aromatic heterocycles. The number of urea groups is 1. The summed E-state index contributed by atoms with van der Waals surface area (Å²) in [6.07, 6.45) is 1.03. The maximum absolute atomic E-state index is 12.6. The van der Waals surface area contributed by atoms with E-state index in [9.17, 15) is 4.79 Å². The van der Waals surface area contributed by atoms with Crippen molar-refractivity contribution < 1.29 is 4.79 Å². The lowest BCUT2D eigenvalue weighted by Crippen LogP contribution is -2.41. The third kappa shape index (κ3) is 5.29. The Hall–Kier alpha value is -3.31. The number of nitrogens with zero attached hydrogens (tertiary/aromatic N) is 2. The number of rotatable bonds is 6. The van der Waals surface area contributed by atoms with Crippen molar-refractivity contribution >= 4 is 17.4 Å². The molecule has 0 fully saturated rings. The number of benzene rings is 3. The molecule has 1 atom stereocenters. The van der Waals surface area contributed by atoms with Crippen LogP contribution in [-0.4, -0.2) is 38.1 Å². The van der Waals surface area contributed by atoms with E-state index in [1.165, 1.54) is 27.9 Å². The van der Waals surface area contributed by atoms with Crippen LogP contribution in [0.3, 0.4) is 0 Å². The number of nitrogens with one attached hydrogen (secondary N) is 2. The number of anilines is 2. The summed E-state index contributed by atoms with van der Waals surface area (Å²) in [6.45, 7) is 4.43. The van der Waals surface area contributed by atoms with Crippen LogP contribution in [0.25, 0.3) is 0 Å². The van der Waals surface area contributed by atoms with E-state index < -0.39 is 0 Å². The highest BCUT2D eigenvalue weighted by Crippen LogP contribution is 2.28. The first-order valence-electron chi connectivity index (χ1n) is 11.2. The molecule has 32 heavy (non-hydrogen) atoms. The minimum absolute atomic E-state index is 0.100. The van der Waals surface area contributed by atoms with Gasteiger partial charge in [-0.3, -0.25) is 4.90 Å². The molecule has 166 valence electrons. The summed E-state index contributed by atoms with van der Waals surface area (Å²) in [5.74, 6) is 0. The lowest BCUT2D eigenvalue weighted by molar-refractivity contribution is 0.175. The zero-order chi connectivity index (χ0) is 22.5. The standard InChI is InChI=1S/C27H32N4O/c1-20-8-12-24(13-9-20)29-27(32)28-18-26(22-10-14-25(15-11-22)30(2)3)31-17-16-21-6-4-5-7-23(21)19-31/h4-15,26H,16-19H2,1-3H3,(H2,28,29,32). The molecule has 0 saturated heterocycles.